The standard InChI is InChI=1S/C11H11ClFNO2/c12-7-3-8(13)5-9(4-7)14-10(11(15)16)6-1-2-6/h3-6,10,14H,1-2H2,(H,15,16). The van der Waals surface area contributed by atoms with Gasteiger partial charge in [-0.1, -0.05) is 11.6 Å². The maximum absolute atomic E-state index is 13.0. The fraction of sp³-hybridized carbons (Fsp3) is 0.364. The van der Waals surface area contributed by atoms with Crippen molar-refractivity contribution in [2.75, 3.05) is 5.32 Å². The van der Waals surface area contributed by atoms with Crippen molar-refractivity contribution >= 4 is 23.3 Å². The Morgan fingerprint density at radius 1 is 1.50 bits per heavy atom. The molecule has 2 rings (SSSR count). The lowest BCUT2D eigenvalue weighted by Crippen LogP contribution is -2.31. The van der Waals surface area contributed by atoms with Crippen LogP contribution in [0.1, 0.15) is 12.8 Å². The van der Waals surface area contributed by atoms with E-state index in [1.165, 1.54) is 18.2 Å². The first kappa shape index (κ1) is 11.2. The Bertz CT molecular complexity index is 400. The van der Waals surface area contributed by atoms with Gasteiger partial charge in [-0.25, -0.2) is 9.18 Å². The second kappa shape index (κ2) is 4.29. The molecule has 0 amide bonds. The second-order valence-corrected chi connectivity index (χ2v) is 4.39. The van der Waals surface area contributed by atoms with Gasteiger partial charge in [-0.2, -0.15) is 0 Å². The molecular formula is C11H11ClFNO2. The van der Waals surface area contributed by atoms with Crippen LogP contribution in [0.25, 0.3) is 0 Å². The monoisotopic (exact) mass is 243 g/mol. The van der Waals surface area contributed by atoms with E-state index in [0.29, 0.717) is 5.69 Å². The highest BCUT2D eigenvalue weighted by Crippen LogP contribution is 2.34. The minimum atomic E-state index is -0.914. The summed E-state index contributed by atoms with van der Waals surface area (Å²) >= 11 is 5.68. The summed E-state index contributed by atoms with van der Waals surface area (Å²) < 4.78 is 13.0. The van der Waals surface area contributed by atoms with Crippen molar-refractivity contribution in [1.29, 1.82) is 0 Å². The lowest BCUT2D eigenvalue weighted by Gasteiger charge is -2.15. The minimum absolute atomic E-state index is 0.138. The van der Waals surface area contributed by atoms with E-state index in [4.69, 9.17) is 16.7 Å². The van der Waals surface area contributed by atoms with E-state index < -0.39 is 17.8 Å². The summed E-state index contributed by atoms with van der Waals surface area (Å²) in [7, 11) is 0. The normalized spacial score (nSPS) is 16.9. The highest BCUT2D eigenvalue weighted by Gasteiger charge is 2.36. The molecule has 0 spiro atoms. The van der Waals surface area contributed by atoms with Crippen LogP contribution in [0.5, 0.6) is 0 Å². The Morgan fingerprint density at radius 2 is 2.19 bits per heavy atom. The first-order chi connectivity index (χ1) is 7.56. The molecule has 1 saturated carbocycles. The maximum atomic E-state index is 13.0. The van der Waals surface area contributed by atoms with Gasteiger partial charge in [0.05, 0.1) is 0 Å². The third-order valence-corrected chi connectivity index (χ3v) is 2.76. The number of anilines is 1. The fourth-order valence-corrected chi connectivity index (χ4v) is 1.85. The average molecular weight is 244 g/mol. The lowest BCUT2D eigenvalue weighted by atomic mass is 10.1. The molecule has 1 aliphatic rings. The van der Waals surface area contributed by atoms with Crippen LogP contribution < -0.4 is 5.32 Å². The van der Waals surface area contributed by atoms with Crippen LogP contribution in [0.15, 0.2) is 18.2 Å². The SMILES string of the molecule is O=C(O)C(Nc1cc(F)cc(Cl)c1)C1CC1. The summed E-state index contributed by atoms with van der Waals surface area (Å²) in [6.07, 6.45) is 1.79. The molecule has 1 atom stereocenters. The van der Waals surface area contributed by atoms with E-state index >= 15 is 0 Å². The van der Waals surface area contributed by atoms with E-state index in [9.17, 15) is 9.18 Å². The van der Waals surface area contributed by atoms with Crippen LogP contribution in [0.4, 0.5) is 10.1 Å². The number of rotatable bonds is 4. The topological polar surface area (TPSA) is 49.3 Å². The Labute approximate surface area is 97.2 Å². The van der Waals surface area contributed by atoms with Gasteiger partial charge < -0.3 is 10.4 Å². The van der Waals surface area contributed by atoms with Crippen LogP contribution in [-0.4, -0.2) is 17.1 Å². The predicted molar refractivity (Wildman–Crippen MR) is 59.2 cm³/mol. The number of carbonyl (C=O) groups is 1. The molecule has 16 heavy (non-hydrogen) atoms. The summed E-state index contributed by atoms with van der Waals surface area (Å²) in [5.74, 6) is -1.25. The van der Waals surface area contributed by atoms with Gasteiger partial charge in [-0.3, -0.25) is 0 Å². The lowest BCUT2D eigenvalue weighted by molar-refractivity contribution is -0.138. The first-order valence-electron chi connectivity index (χ1n) is 5.01. The zero-order valence-corrected chi connectivity index (χ0v) is 9.17. The third kappa shape index (κ3) is 2.64. The summed E-state index contributed by atoms with van der Waals surface area (Å²) in [6.45, 7) is 0. The molecule has 0 bridgehead atoms. The Balaban J connectivity index is 2.14. The average Bonchev–Trinajstić information content (AvgIpc) is 2.95. The molecule has 2 N–H and O–H groups in total. The molecule has 86 valence electrons. The van der Waals surface area contributed by atoms with Gasteiger partial charge in [-0.15, -0.1) is 0 Å². The van der Waals surface area contributed by atoms with Gasteiger partial charge in [0.2, 0.25) is 0 Å². The van der Waals surface area contributed by atoms with Gasteiger partial charge in [0, 0.05) is 10.7 Å². The van der Waals surface area contributed by atoms with Gasteiger partial charge >= 0.3 is 5.97 Å². The molecule has 1 unspecified atom stereocenters. The quantitative estimate of drug-likeness (QED) is 0.855. The van der Waals surface area contributed by atoms with Crippen LogP contribution >= 0.6 is 11.6 Å². The van der Waals surface area contributed by atoms with Crippen molar-refractivity contribution in [3.05, 3.63) is 29.0 Å². The molecule has 0 saturated heterocycles. The van der Waals surface area contributed by atoms with Crippen molar-refractivity contribution in [2.45, 2.75) is 18.9 Å². The molecule has 3 nitrogen and oxygen atoms in total. The number of hydrogen-bond acceptors (Lipinski definition) is 2. The van der Waals surface area contributed by atoms with E-state index in [1.807, 2.05) is 0 Å². The molecule has 1 aromatic carbocycles. The molecule has 1 fully saturated rings. The molecule has 0 aliphatic heterocycles. The second-order valence-electron chi connectivity index (χ2n) is 3.96. The van der Waals surface area contributed by atoms with E-state index in [-0.39, 0.29) is 10.9 Å². The number of nitrogens with one attached hydrogen (secondary N) is 1. The summed E-state index contributed by atoms with van der Waals surface area (Å²) in [5.41, 5.74) is 0.407. The van der Waals surface area contributed by atoms with Crippen molar-refractivity contribution in [3.63, 3.8) is 0 Å². The summed E-state index contributed by atoms with van der Waals surface area (Å²) in [6, 6.07) is 3.28. The van der Waals surface area contributed by atoms with Crippen LogP contribution in [0.2, 0.25) is 5.02 Å². The Morgan fingerprint density at radius 3 is 2.69 bits per heavy atom. The number of carboxylic acid groups (broad SMARTS) is 1. The number of carboxylic acids is 1. The van der Waals surface area contributed by atoms with Gasteiger partial charge in [0.25, 0.3) is 0 Å². The van der Waals surface area contributed by atoms with Gasteiger partial charge in [-0.05, 0) is 37.0 Å². The number of hydrogen-bond donors (Lipinski definition) is 2. The predicted octanol–water partition coefficient (Wildman–Crippen LogP) is 2.75. The van der Waals surface area contributed by atoms with Crippen molar-refractivity contribution in [3.8, 4) is 0 Å². The van der Waals surface area contributed by atoms with Crippen LogP contribution in [0, 0.1) is 11.7 Å². The van der Waals surface area contributed by atoms with Crippen LogP contribution in [0.3, 0.4) is 0 Å². The highest BCUT2D eigenvalue weighted by molar-refractivity contribution is 6.30. The zero-order chi connectivity index (χ0) is 11.7. The molecular weight excluding hydrogens is 233 g/mol. The highest BCUT2D eigenvalue weighted by atomic mass is 35.5. The van der Waals surface area contributed by atoms with Crippen molar-refractivity contribution in [2.24, 2.45) is 5.92 Å². The van der Waals surface area contributed by atoms with E-state index in [0.717, 1.165) is 12.8 Å². The number of aliphatic carboxylic acids is 1. The summed E-state index contributed by atoms with van der Waals surface area (Å²) in [5, 5.41) is 12.0. The zero-order valence-electron chi connectivity index (χ0n) is 8.41. The molecule has 1 aromatic rings. The largest absolute Gasteiger partial charge is 0.480 e. The van der Waals surface area contributed by atoms with Crippen molar-refractivity contribution in [1.82, 2.24) is 0 Å². The van der Waals surface area contributed by atoms with Gasteiger partial charge in [0.1, 0.15) is 11.9 Å². The Kier molecular flexibility index (Phi) is 3.01. The van der Waals surface area contributed by atoms with E-state index in [2.05, 4.69) is 5.32 Å². The van der Waals surface area contributed by atoms with Gasteiger partial charge in [0.15, 0.2) is 0 Å². The fourth-order valence-electron chi connectivity index (χ4n) is 1.63. The minimum Gasteiger partial charge on any atom is -0.480 e. The van der Waals surface area contributed by atoms with Crippen molar-refractivity contribution < 1.29 is 14.3 Å². The number of benzene rings is 1. The third-order valence-electron chi connectivity index (χ3n) is 2.54. The first-order valence-corrected chi connectivity index (χ1v) is 5.39. The summed E-state index contributed by atoms with van der Waals surface area (Å²) in [4.78, 5) is 11.0. The molecule has 0 heterocycles. The molecule has 1 aliphatic carbocycles. The molecule has 0 aromatic heterocycles. The molecule has 0 radical (unpaired) electrons. The molecule has 5 heteroatoms. The van der Waals surface area contributed by atoms with Crippen LogP contribution in [-0.2, 0) is 4.79 Å². The number of halogens is 2. The van der Waals surface area contributed by atoms with E-state index in [1.54, 1.807) is 0 Å². The Hall–Kier alpha value is -1.29. The maximum Gasteiger partial charge on any atom is 0.326 e. The smallest absolute Gasteiger partial charge is 0.326 e.